The smallest absolute Gasteiger partial charge is 0.325 e. The minimum Gasteiger partial charge on any atom is -0.508 e. The van der Waals surface area contributed by atoms with E-state index in [1.54, 1.807) is 48.3 Å². The van der Waals surface area contributed by atoms with E-state index in [0.29, 0.717) is 33.6 Å². The first kappa shape index (κ1) is 30.4. The lowest BCUT2D eigenvalue weighted by Gasteiger charge is -2.51. The van der Waals surface area contributed by atoms with Crippen LogP contribution in [0.3, 0.4) is 0 Å². The Morgan fingerprint density at radius 2 is 0.827 bits per heavy atom. The fourth-order valence-corrected chi connectivity index (χ4v) is 9.71. The number of urea groups is 2. The Morgan fingerprint density at radius 1 is 0.481 bits per heavy atom. The summed E-state index contributed by atoms with van der Waals surface area (Å²) in [6, 6.07) is 33.4. The van der Waals surface area contributed by atoms with Crippen LogP contribution in [0.25, 0.3) is 21.5 Å². The van der Waals surface area contributed by atoms with Gasteiger partial charge in [-0.25, -0.2) is 9.59 Å². The molecule has 6 aromatic rings. The number of hydrogen-bond donors (Lipinski definition) is 2. The van der Waals surface area contributed by atoms with Gasteiger partial charge in [-0.15, -0.1) is 0 Å². The summed E-state index contributed by atoms with van der Waals surface area (Å²) in [7, 11) is 3.25. The van der Waals surface area contributed by atoms with E-state index >= 15 is 9.59 Å². The van der Waals surface area contributed by atoms with Gasteiger partial charge in [0.05, 0.1) is 40.4 Å². The van der Waals surface area contributed by atoms with Gasteiger partial charge in [0.1, 0.15) is 23.0 Å². The van der Waals surface area contributed by atoms with Crippen molar-refractivity contribution in [3.05, 3.63) is 143 Å². The van der Waals surface area contributed by atoms with Gasteiger partial charge < -0.3 is 19.7 Å². The summed E-state index contributed by atoms with van der Waals surface area (Å²) in [5.74, 6) is 1.23. The van der Waals surface area contributed by atoms with Crippen LogP contribution in [-0.4, -0.2) is 56.1 Å². The second-order valence-electron chi connectivity index (χ2n) is 13.8. The number of phenolic OH excluding ortho intramolecular Hbond substituents is 2. The average Bonchev–Trinajstić information content (AvgIpc) is 3.49. The van der Waals surface area contributed by atoms with Crippen molar-refractivity contribution in [3.63, 3.8) is 0 Å². The number of carbonyl (C=O) groups is 2. The molecular weight excluding hydrogens is 656 g/mol. The van der Waals surface area contributed by atoms with Crippen molar-refractivity contribution in [2.45, 2.75) is 37.5 Å². The van der Waals surface area contributed by atoms with E-state index in [4.69, 9.17) is 9.47 Å². The number of rotatable bonds is 4. The third-order valence-electron chi connectivity index (χ3n) is 11.7. The lowest BCUT2D eigenvalue weighted by molar-refractivity contribution is -0.0865. The van der Waals surface area contributed by atoms with Gasteiger partial charge >= 0.3 is 12.1 Å². The Kier molecular flexibility index (Phi) is 6.17. The number of benzene rings is 6. The molecule has 0 aliphatic carbocycles. The fraction of sp³-hybridized carbons (Fsp3) is 0.190. The predicted octanol–water partition coefficient (Wildman–Crippen LogP) is 7.33. The van der Waals surface area contributed by atoms with Crippen LogP contribution in [-0.2, 0) is 37.5 Å². The lowest BCUT2D eigenvalue weighted by Crippen LogP contribution is -2.63. The SMILES string of the molecule is COc1ccc2ccc(OC)c3c2c1CN1C(=O)N2Cc4c(O)ccc5ccc(O)c(c45)CN4C(=O)N(C3)C1(c1ccccc1)C24c1ccccc1. The third-order valence-corrected chi connectivity index (χ3v) is 11.7. The van der Waals surface area contributed by atoms with Crippen molar-refractivity contribution in [2.75, 3.05) is 14.2 Å². The normalized spacial score (nSPS) is 21.6. The van der Waals surface area contributed by atoms with Crippen molar-refractivity contribution in [1.29, 1.82) is 0 Å². The molecule has 4 amide bonds. The summed E-state index contributed by atoms with van der Waals surface area (Å²) in [4.78, 5) is 38.7. The van der Waals surface area contributed by atoms with E-state index in [1.165, 1.54) is 0 Å². The molecule has 2 saturated heterocycles. The first-order valence-electron chi connectivity index (χ1n) is 17.3. The van der Waals surface area contributed by atoms with Crippen molar-refractivity contribution in [1.82, 2.24) is 19.6 Å². The molecule has 4 aliphatic rings. The summed E-state index contributed by atoms with van der Waals surface area (Å²) >= 11 is 0. The molecule has 0 aromatic heterocycles. The summed E-state index contributed by atoms with van der Waals surface area (Å²) < 4.78 is 12.0. The maximum Gasteiger partial charge on any atom is 0.325 e. The van der Waals surface area contributed by atoms with Gasteiger partial charge in [0.15, 0.2) is 11.3 Å². The molecule has 10 heteroatoms. The molecule has 4 aliphatic heterocycles. The molecule has 0 unspecified atom stereocenters. The second kappa shape index (κ2) is 10.6. The Hall–Kier alpha value is -6.42. The van der Waals surface area contributed by atoms with Crippen LogP contribution >= 0.6 is 0 Å². The lowest BCUT2D eigenvalue weighted by atomic mass is 9.77. The molecule has 2 N–H and O–H groups in total. The molecule has 0 bridgehead atoms. The number of carbonyl (C=O) groups excluding carboxylic acids is 2. The Bertz CT molecular complexity index is 2390. The maximum atomic E-state index is 15.8. The quantitative estimate of drug-likeness (QED) is 0.201. The summed E-state index contributed by atoms with van der Waals surface area (Å²) in [6.07, 6.45) is 0. The molecule has 0 spiro atoms. The molecule has 258 valence electrons. The van der Waals surface area contributed by atoms with E-state index in [1.807, 2.05) is 94.7 Å². The minimum atomic E-state index is -1.50. The number of hydrogen-bond acceptors (Lipinski definition) is 6. The highest BCUT2D eigenvalue weighted by Gasteiger charge is 2.80. The van der Waals surface area contributed by atoms with E-state index in [-0.39, 0.29) is 49.7 Å². The highest BCUT2D eigenvalue weighted by molar-refractivity contribution is 5.98. The zero-order chi connectivity index (χ0) is 35.5. The number of nitrogens with zero attached hydrogens (tertiary/aromatic N) is 4. The van der Waals surface area contributed by atoms with Gasteiger partial charge in [0, 0.05) is 33.4 Å². The predicted molar refractivity (Wildman–Crippen MR) is 194 cm³/mol. The van der Waals surface area contributed by atoms with Crippen LogP contribution in [0.15, 0.2) is 109 Å². The molecule has 4 heterocycles. The Morgan fingerprint density at radius 3 is 1.21 bits per heavy atom. The number of phenols is 2. The van der Waals surface area contributed by atoms with E-state index in [9.17, 15) is 10.2 Å². The number of amides is 4. The van der Waals surface area contributed by atoms with E-state index in [2.05, 4.69) is 0 Å². The van der Waals surface area contributed by atoms with Crippen molar-refractivity contribution in [3.8, 4) is 23.0 Å². The van der Waals surface area contributed by atoms with Crippen LogP contribution < -0.4 is 9.47 Å². The van der Waals surface area contributed by atoms with Gasteiger partial charge in [-0.3, -0.25) is 19.6 Å². The largest absolute Gasteiger partial charge is 0.508 e. The zero-order valence-corrected chi connectivity index (χ0v) is 28.5. The molecule has 6 aromatic carbocycles. The standard InChI is InChI=1S/C42H34N4O6/c1-51-35-19-15-26-16-20-36(52-2)32-24-46-40(50)44-22-30-34(48)18-14-25-13-17-33(47)29(37(25)30)21-43-39(49)45(23-31(35)38(26)32)42(46,28-11-7-4-8-12-28)41(43,44)27-9-5-3-6-10-27/h3-20,47-48H,21-24H2,1-2H3. The van der Waals surface area contributed by atoms with E-state index in [0.717, 1.165) is 32.8 Å². The monoisotopic (exact) mass is 690 g/mol. The van der Waals surface area contributed by atoms with Crippen molar-refractivity contribution < 1.29 is 29.3 Å². The van der Waals surface area contributed by atoms with Crippen LogP contribution in [0.5, 0.6) is 23.0 Å². The minimum absolute atomic E-state index is 0.00153. The number of methoxy groups -OCH3 is 2. The highest BCUT2D eigenvalue weighted by atomic mass is 16.5. The average molecular weight is 691 g/mol. The molecule has 2 fully saturated rings. The van der Waals surface area contributed by atoms with Crippen LogP contribution in [0, 0.1) is 0 Å². The molecule has 10 rings (SSSR count). The molecule has 0 radical (unpaired) electrons. The second-order valence-corrected chi connectivity index (χ2v) is 13.8. The van der Waals surface area contributed by atoms with Gasteiger partial charge in [0.25, 0.3) is 0 Å². The van der Waals surface area contributed by atoms with Gasteiger partial charge in [-0.1, -0.05) is 84.9 Å². The zero-order valence-electron chi connectivity index (χ0n) is 28.5. The highest BCUT2D eigenvalue weighted by Crippen LogP contribution is 2.65. The molecule has 0 atom stereocenters. The number of aromatic hydroxyl groups is 2. The summed E-state index contributed by atoms with van der Waals surface area (Å²) in [6.45, 7) is 0.0817. The van der Waals surface area contributed by atoms with Gasteiger partial charge in [-0.05, 0) is 45.8 Å². The fourth-order valence-electron chi connectivity index (χ4n) is 9.71. The van der Waals surface area contributed by atoms with Gasteiger partial charge in [-0.2, -0.15) is 0 Å². The topological polar surface area (TPSA) is 106 Å². The maximum absolute atomic E-state index is 15.8. The molecule has 0 saturated carbocycles. The van der Waals surface area contributed by atoms with Crippen molar-refractivity contribution >= 4 is 33.6 Å². The van der Waals surface area contributed by atoms with Gasteiger partial charge in [0.2, 0.25) is 0 Å². The third kappa shape index (κ3) is 3.48. The summed E-state index contributed by atoms with van der Waals surface area (Å²) in [5, 5.41) is 26.4. The first-order chi connectivity index (χ1) is 25.4. The Balaban J connectivity index is 1.39. The van der Waals surface area contributed by atoms with E-state index < -0.39 is 11.3 Å². The molecule has 10 nitrogen and oxygen atoms in total. The number of ether oxygens (including phenoxy) is 2. The van der Waals surface area contributed by atoms with Crippen LogP contribution in [0.4, 0.5) is 9.59 Å². The van der Waals surface area contributed by atoms with Crippen LogP contribution in [0.1, 0.15) is 33.4 Å². The first-order valence-corrected chi connectivity index (χ1v) is 17.3. The summed E-state index contributed by atoms with van der Waals surface area (Å²) in [5.41, 5.74) is 1.07. The molecule has 52 heavy (non-hydrogen) atoms. The van der Waals surface area contributed by atoms with Crippen LogP contribution in [0.2, 0.25) is 0 Å². The molecular formula is C42H34N4O6. The Labute approximate surface area is 299 Å². The van der Waals surface area contributed by atoms with Crippen molar-refractivity contribution in [2.24, 2.45) is 0 Å².